The Hall–Kier alpha value is -2.75. The number of hydrogen-bond donors (Lipinski definition) is 0. The molecule has 2 aromatic heterocycles. The van der Waals surface area contributed by atoms with Gasteiger partial charge < -0.3 is 0 Å². The van der Waals surface area contributed by atoms with Crippen molar-refractivity contribution in [2.24, 2.45) is 5.41 Å². The fourth-order valence-corrected chi connectivity index (χ4v) is 3.53. The molecule has 4 nitrogen and oxygen atoms in total. The van der Waals surface area contributed by atoms with Crippen LogP contribution in [0.4, 0.5) is 0 Å². The maximum atomic E-state index is 12.9. The van der Waals surface area contributed by atoms with Gasteiger partial charge in [0.25, 0.3) is 5.56 Å². The fourth-order valence-electron chi connectivity index (χ4n) is 3.53. The maximum absolute atomic E-state index is 12.9. The standard InChI is InChI=1S/C22H23N3O/c1-15-9-11-23-17(12-15)6-4-16-5-7-18-19(13-16)24-20-8-10-22(2,3)14-25(20)21(18)26/h4-7,9,11-13H,8,10,14H2,1-3H3/b6-4+. The molecule has 0 N–H and O–H groups in total. The van der Waals surface area contributed by atoms with Gasteiger partial charge in [0.05, 0.1) is 16.6 Å². The van der Waals surface area contributed by atoms with E-state index in [-0.39, 0.29) is 11.0 Å². The third kappa shape index (κ3) is 3.19. The molecule has 4 heteroatoms. The zero-order valence-electron chi connectivity index (χ0n) is 15.5. The molecular formula is C22H23N3O. The first-order valence-corrected chi connectivity index (χ1v) is 9.06. The van der Waals surface area contributed by atoms with E-state index < -0.39 is 0 Å². The SMILES string of the molecule is Cc1ccnc(/C=C/c2ccc3c(=O)n4c(nc3c2)CCC(C)(C)C4)c1. The Labute approximate surface area is 153 Å². The second-order valence-electron chi connectivity index (χ2n) is 7.95. The van der Waals surface area contributed by atoms with E-state index in [0.29, 0.717) is 5.39 Å². The van der Waals surface area contributed by atoms with E-state index in [9.17, 15) is 4.79 Å². The van der Waals surface area contributed by atoms with Gasteiger partial charge in [-0.3, -0.25) is 14.3 Å². The highest BCUT2D eigenvalue weighted by molar-refractivity contribution is 5.82. The van der Waals surface area contributed by atoms with Crippen LogP contribution in [-0.2, 0) is 13.0 Å². The molecule has 1 aliphatic rings. The quantitative estimate of drug-likeness (QED) is 0.698. The number of aryl methyl sites for hydroxylation is 2. The number of hydrogen-bond acceptors (Lipinski definition) is 3. The topological polar surface area (TPSA) is 47.8 Å². The Kier molecular flexibility index (Phi) is 3.98. The molecule has 0 saturated heterocycles. The van der Waals surface area contributed by atoms with Crippen molar-refractivity contribution in [2.75, 3.05) is 0 Å². The predicted molar refractivity (Wildman–Crippen MR) is 106 cm³/mol. The van der Waals surface area contributed by atoms with Gasteiger partial charge in [0, 0.05) is 19.2 Å². The van der Waals surface area contributed by atoms with Crippen LogP contribution in [0.15, 0.2) is 41.3 Å². The second kappa shape index (κ2) is 6.20. The van der Waals surface area contributed by atoms with Gasteiger partial charge in [0.15, 0.2) is 0 Å². The minimum atomic E-state index is 0.0775. The van der Waals surface area contributed by atoms with Crippen molar-refractivity contribution in [1.82, 2.24) is 14.5 Å². The van der Waals surface area contributed by atoms with Crippen molar-refractivity contribution < 1.29 is 0 Å². The Bertz CT molecular complexity index is 1080. The first-order chi connectivity index (χ1) is 12.4. The Morgan fingerprint density at radius 3 is 2.81 bits per heavy atom. The molecule has 1 aliphatic heterocycles. The van der Waals surface area contributed by atoms with E-state index in [1.807, 2.05) is 53.2 Å². The van der Waals surface area contributed by atoms with Crippen molar-refractivity contribution in [3.05, 3.63) is 69.5 Å². The van der Waals surface area contributed by atoms with Gasteiger partial charge in [-0.2, -0.15) is 0 Å². The number of rotatable bonds is 2. The molecule has 4 rings (SSSR count). The highest BCUT2D eigenvalue weighted by atomic mass is 16.1. The lowest BCUT2D eigenvalue weighted by molar-refractivity contribution is 0.240. The lowest BCUT2D eigenvalue weighted by atomic mass is 9.85. The highest BCUT2D eigenvalue weighted by Gasteiger charge is 2.27. The van der Waals surface area contributed by atoms with E-state index in [2.05, 4.69) is 25.8 Å². The lowest BCUT2D eigenvalue weighted by Crippen LogP contribution is -2.36. The molecule has 0 spiro atoms. The fraction of sp³-hybridized carbons (Fsp3) is 0.318. The van der Waals surface area contributed by atoms with Crippen molar-refractivity contribution in [3.63, 3.8) is 0 Å². The van der Waals surface area contributed by atoms with E-state index in [0.717, 1.165) is 42.0 Å². The van der Waals surface area contributed by atoms with Gasteiger partial charge in [-0.15, -0.1) is 0 Å². The molecule has 26 heavy (non-hydrogen) atoms. The molecule has 0 fully saturated rings. The van der Waals surface area contributed by atoms with E-state index in [1.165, 1.54) is 5.56 Å². The van der Waals surface area contributed by atoms with Gasteiger partial charge in [0.1, 0.15) is 5.82 Å². The summed E-state index contributed by atoms with van der Waals surface area (Å²) in [6.07, 6.45) is 7.73. The second-order valence-corrected chi connectivity index (χ2v) is 7.95. The van der Waals surface area contributed by atoms with Crippen LogP contribution in [0.5, 0.6) is 0 Å². The van der Waals surface area contributed by atoms with Crippen LogP contribution < -0.4 is 5.56 Å². The molecule has 0 amide bonds. The van der Waals surface area contributed by atoms with Crippen LogP contribution in [0.25, 0.3) is 23.1 Å². The number of pyridine rings is 1. The predicted octanol–water partition coefficient (Wildman–Crippen LogP) is 4.24. The summed E-state index contributed by atoms with van der Waals surface area (Å²) in [4.78, 5) is 22.0. The van der Waals surface area contributed by atoms with Gasteiger partial charge in [-0.1, -0.05) is 26.0 Å². The summed E-state index contributed by atoms with van der Waals surface area (Å²) < 4.78 is 1.86. The summed E-state index contributed by atoms with van der Waals surface area (Å²) in [5.41, 5.74) is 4.13. The summed E-state index contributed by atoms with van der Waals surface area (Å²) in [5, 5.41) is 0.692. The summed E-state index contributed by atoms with van der Waals surface area (Å²) >= 11 is 0. The van der Waals surface area contributed by atoms with Crippen LogP contribution in [0.2, 0.25) is 0 Å². The molecule has 0 unspecified atom stereocenters. The molecule has 0 bridgehead atoms. The largest absolute Gasteiger partial charge is 0.296 e. The van der Waals surface area contributed by atoms with Crippen molar-refractivity contribution in [2.45, 2.75) is 40.2 Å². The molecule has 0 radical (unpaired) electrons. The molecular weight excluding hydrogens is 322 g/mol. The average Bonchev–Trinajstić information content (AvgIpc) is 2.60. The van der Waals surface area contributed by atoms with Crippen LogP contribution in [-0.4, -0.2) is 14.5 Å². The highest BCUT2D eigenvalue weighted by Crippen LogP contribution is 2.29. The third-order valence-corrected chi connectivity index (χ3v) is 5.05. The summed E-state index contributed by atoms with van der Waals surface area (Å²) in [6.45, 7) is 7.21. The number of benzene rings is 1. The van der Waals surface area contributed by atoms with Crippen LogP contribution in [0.3, 0.4) is 0 Å². The normalized spacial score (nSPS) is 16.1. The van der Waals surface area contributed by atoms with E-state index >= 15 is 0 Å². The molecule has 1 aromatic carbocycles. The van der Waals surface area contributed by atoms with Crippen LogP contribution in [0, 0.1) is 12.3 Å². The average molecular weight is 345 g/mol. The first kappa shape index (κ1) is 16.7. The summed E-state index contributed by atoms with van der Waals surface area (Å²) in [6, 6.07) is 9.88. The van der Waals surface area contributed by atoms with Gasteiger partial charge in [-0.25, -0.2) is 4.98 Å². The number of fused-ring (bicyclic) bond motifs is 2. The Morgan fingerprint density at radius 1 is 1.15 bits per heavy atom. The van der Waals surface area contributed by atoms with E-state index in [1.54, 1.807) is 0 Å². The van der Waals surface area contributed by atoms with Gasteiger partial charge >= 0.3 is 0 Å². The zero-order chi connectivity index (χ0) is 18.3. The lowest BCUT2D eigenvalue weighted by Gasteiger charge is -2.31. The minimum absolute atomic E-state index is 0.0775. The maximum Gasteiger partial charge on any atom is 0.261 e. The monoisotopic (exact) mass is 345 g/mol. The first-order valence-electron chi connectivity index (χ1n) is 9.06. The number of nitrogens with zero attached hydrogens (tertiary/aromatic N) is 3. The van der Waals surface area contributed by atoms with E-state index in [4.69, 9.17) is 4.98 Å². The van der Waals surface area contributed by atoms with Crippen molar-refractivity contribution in [3.8, 4) is 0 Å². The minimum Gasteiger partial charge on any atom is -0.296 e. The molecule has 3 aromatic rings. The molecule has 0 aliphatic carbocycles. The van der Waals surface area contributed by atoms with Gasteiger partial charge in [0.2, 0.25) is 0 Å². The zero-order valence-corrected chi connectivity index (χ0v) is 15.5. The van der Waals surface area contributed by atoms with Crippen molar-refractivity contribution in [1.29, 1.82) is 0 Å². The summed E-state index contributed by atoms with van der Waals surface area (Å²) in [5.74, 6) is 0.906. The van der Waals surface area contributed by atoms with Crippen LogP contribution in [0.1, 0.15) is 42.9 Å². The Morgan fingerprint density at radius 2 is 2.00 bits per heavy atom. The van der Waals surface area contributed by atoms with Gasteiger partial charge in [-0.05, 0) is 60.2 Å². The van der Waals surface area contributed by atoms with Crippen LogP contribution >= 0.6 is 0 Å². The third-order valence-electron chi connectivity index (χ3n) is 5.05. The smallest absolute Gasteiger partial charge is 0.261 e. The molecule has 3 heterocycles. The number of aromatic nitrogens is 3. The molecule has 0 saturated carbocycles. The Balaban J connectivity index is 1.73. The van der Waals surface area contributed by atoms with Crippen molar-refractivity contribution >= 4 is 23.1 Å². The molecule has 132 valence electrons. The molecule has 0 atom stereocenters. The summed E-state index contributed by atoms with van der Waals surface area (Å²) in [7, 11) is 0.